The highest BCUT2D eigenvalue weighted by Crippen LogP contribution is 2.46. The Labute approximate surface area is 159 Å². The van der Waals surface area contributed by atoms with E-state index in [1.807, 2.05) is 42.5 Å². The molecular formula is C25H19Cl. The van der Waals surface area contributed by atoms with Crippen LogP contribution in [-0.4, -0.2) is 0 Å². The highest BCUT2D eigenvalue weighted by molar-refractivity contribution is 6.28. The minimum atomic E-state index is -0.755. The van der Waals surface area contributed by atoms with Crippen molar-refractivity contribution >= 4 is 11.6 Å². The Balaban J connectivity index is 2.01. The zero-order chi connectivity index (χ0) is 17.8. The minimum absolute atomic E-state index is 0.755. The Morgan fingerprint density at radius 2 is 0.885 bits per heavy atom. The lowest BCUT2D eigenvalue weighted by molar-refractivity contribution is 0.882. The van der Waals surface area contributed by atoms with Crippen molar-refractivity contribution in [3.63, 3.8) is 0 Å². The van der Waals surface area contributed by atoms with Crippen LogP contribution in [0.4, 0.5) is 0 Å². The standard InChI is InChI=1S/C25H19Cl/c26-25(21-14-6-2-7-15-21,22-16-8-3-9-17-22)24-19-11-10-18-23(24)20-12-4-1-5-13-20/h1-19H. The fourth-order valence-electron chi connectivity index (χ4n) is 3.47. The summed E-state index contributed by atoms with van der Waals surface area (Å²) in [4.78, 5) is -0.755. The van der Waals surface area contributed by atoms with Crippen LogP contribution < -0.4 is 0 Å². The van der Waals surface area contributed by atoms with E-state index in [0.717, 1.165) is 22.3 Å². The molecule has 0 saturated carbocycles. The van der Waals surface area contributed by atoms with E-state index in [1.165, 1.54) is 5.56 Å². The number of rotatable bonds is 4. The third-order valence-electron chi connectivity index (χ3n) is 4.73. The molecule has 0 atom stereocenters. The molecule has 0 nitrogen and oxygen atoms in total. The average molecular weight is 355 g/mol. The largest absolute Gasteiger partial charge is 0.120 e. The van der Waals surface area contributed by atoms with Crippen LogP contribution in [0.15, 0.2) is 115 Å². The summed E-state index contributed by atoms with van der Waals surface area (Å²) in [5, 5.41) is 0. The fraction of sp³-hybridized carbons (Fsp3) is 0.0400. The van der Waals surface area contributed by atoms with Gasteiger partial charge in [-0.2, -0.15) is 0 Å². The molecule has 126 valence electrons. The summed E-state index contributed by atoms with van der Waals surface area (Å²) in [5.74, 6) is 0. The monoisotopic (exact) mass is 354 g/mol. The number of hydrogen-bond donors (Lipinski definition) is 0. The maximum absolute atomic E-state index is 7.47. The van der Waals surface area contributed by atoms with Crippen molar-refractivity contribution in [3.8, 4) is 11.1 Å². The van der Waals surface area contributed by atoms with E-state index in [1.54, 1.807) is 0 Å². The van der Waals surface area contributed by atoms with Crippen molar-refractivity contribution in [3.05, 3.63) is 132 Å². The summed E-state index contributed by atoms with van der Waals surface area (Å²) >= 11 is 7.47. The lowest BCUT2D eigenvalue weighted by Gasteiger charge is -2.31. The van der Waals surface area contributed by atoms with Gasteiger partial charge in [0.15, 0.2) is 0 Å². The van der Waals surface area contributed by atoms with Crippen LogP contribution in [0.5, 0.6) is 0 Å². The van der Waals surface area contributed by atoms with Crippen molar-refractivity contribution in [2.24, 2.45) is 0 Å². The molecular weight excluding hydrogens is 336 g/mol. The highest BCUT2D eigenvalue weighted by Gasteiger charge is 2.35. The summed E-state index contributed by atoms with van der Waals surface area (Å²) < 4.78 is 0. The van der Waals surface area contributed by atoms with Crippen LogP contribution in [0.25, 0.3) is 11.1 Å². The lowest BCUT2D eigenvalue weighted by atomic mass is 9.80. The molecule has 4 aromatic rings. The Kier molecular flexibility index (Phi) is 4.60. The first-order valence-electron chi connectivity index (χ1n) is 8.75. The minimum Gasteiger partial charge on any atom is -0.104 e. The highest BCUT2D eigenvalue weighted by atomic mass is 35.5. The molecule has 0 saturated heterocycles. The Morgan fingerprint density at radius 1 is 0.462 bits per heavy atom. The number of benzene rings is 4. The summed E-state index contributed by atoms with van der Waals surface area (Å²) in [6, 6.07) is 39.4. The van der Waals surface area contributed by atoms with Gasteiger partial charge in [-0.15, -0.1) is 11.6 Å². The van der Waals surface area contributed by atoms with Crippen molar-refractivity contribution in [1.82, 2.24) is 0 Å². The topological polar surface area (TPSA) is 0 Å². The van der Waals surface area contributed by atoms with Crippen LogP contribution in [0.1, 0.15) is 16.7 Å². The van der Waals surface area contributed by atoms with Crippen molar-refractivity contribution in [2.75, 3.05) is 0 Å². The van der Waals surface area contributed by atoms with Crippen LogP contribution in [0, 0.1) is 0 Å². The van der Waals surface area contributed by atoms with Crippen LogP contribution >= 0.6 is 11.6 Å². The molecule has 4 aromatic carbocycles. The molecule has 0 fully saturated rings. The van der Waals surface area contributed by atoms with Gasteiger partial charge in [-0.3, -0.25) is 0 Å². The molecule has 0 amide bonds. The van der Waals surface area contributed by atoms with Gasteiger partial charge in [0.2, 0.25) is 0 Å². The van der Waals surface area contributed by atoms with E-state index in [2.05, 4.69) is 72.8 Å². The molecule has 0 aromatic heterocycles. The fourth-order valence-corrected chi connectivity index (χ4v) is 3.88. The molecule has 0 N–H and O–H groups in total. The quantitative estimate of drug-likeness (QED) is 0.276. The Morgan fingerprint density at radius 3 is 1.42 bits per heavy atom. The van der Waals surface area contributed by atoms with Crippen molar-refractivity contribution in [1.29, 1.82) is 0 Å². The lowest BCUT2D eigenvalue weighted by Crippen LogP contribution is -2.23. The Hall–Kier alpha value is -2.83. The van der Waals surface area contributed by atoms with Gasteiger partial charge in [-0.25, -0.2) is 0 Å². The van der Waals surface area contributed by atoms with Gasteiger partial charge in [-0.1, -0.05) is 115 Å². The summed E-state index contributed by atoms with van der Waals surface area (Å²) in [7, 11) is 0. The molecule has 0 aliphatic heterocycles. The van der Waals surface area contributed by atoms with E-state index in [4.69, 9.17) is 11.6 Å². The van der Waals surface area contributed by atoms with E-state index >= 15 is 0 Å². The van der Waals surface area contributed by atoms with Gasteiger partial charge in [0, 0.05) is 0 Å². The van der Waals surface area contributed by atoms with Gasteiger partial charge < -0.3 is 0 Å². The predicted octanol–water partition coefficient (Wildman–Crippen LogP) is 6.88. The van der Waals surface area contributed by atoms with E-state index in [0.29, 0.717) is 0 Å². The van der Waals surface area contributed by atoms with E-state index in [9.17, 15) is 0 Å². The zero-order valence-corrected chi connectivity index (χ0v) is 15.1. The third-order valence-corrected chi connectivity index (χ3v) is 5.37. The van der Waals surface area contributed by atoms with E-state index in [-0.39, 0.29) is 0 Å². The molecule has 0 aliphatic carbocycles. The molecule has 0 aliphatic rings. The van der Waals surface area contributed by atoms with Crippen LogP contribution in [-0.2, 0) is 4.87 Å². The molecule has 26 heavy (non-hydrogen) atoms. The smallest absolute Gasteiger partial charge is 0.104 e. The van der Waals surface area contributed by atoms with Gasteiger partial charge in [-0.05, 0) is 27.8 Å². The first-order chi connectivity index (χ1) is 12.8. The summed E-state index contributed by atoms with van der Waals surface area (Å²) in [6.45, 7) is 0. The summed E-state index contributed by atoms with van der Waals surface area (Å²) in [6.07, 6.45) is 0. The Bertz CT molecular complexity index is 937. The SMILES string of the molecule is ClC(c1ccccc1)(c1ccccc1)c1ccccc1-c1ccccc1. The molecule has 0 spiro atoms. The van der Waals surface area contributed by atoms with Gasteiger partial charge >= 0.3 is 0 Å². The van der Waals surface area contributed by atoms with Gasteiger partial charge in [0.05, 0.1) is 0 Å². The van der Waals surface area contributed by atoms with E-state index < -0.39 is 4.87 Å². The van der Waals surface area contributed by atoms with Crippen LogP contribution in [0.2, 0.25) is 0 Å². The van der Waals surface area contributed by atoms with Crippen molar-refractivity contribution in [2.45, 2.75) is 4.87 Å². The second kappa shape index (κ2) is 7.19. The maximum Gasteiger partial charge on any atom is 0.120 e. The average Bonchev–Trinajstić information content (AvgIpc) is 2.75. The van der Waals surface area contributed by atoms with Crippen molar-refractivity contribution < 1.29 is 0 Å². The summed E-state index contributed by atoms with van der Waals surface area (Å²) in [5.41, 5.74) is 5.54. The number of halogens is 1. The normalized spacial score (nSPS) is 11.3. The molecule has 0 radical (unpaired) electrons. The first kappa shape index (κ1) is 16.6. The molecule has 4 rings (SSSR count). The van der Waals surface area contributed by atoms with Gasteiger partial charge in [0.25, 0.3) is 0 Å². The second-order valence-corrected chi connectivity index (χ2v) is 6.87. The molecule has 0 unspecified atom stereocenters. The molecule has 1 heteroatoms. The number of alkyl halides is 1. The molecule has 0 bridgehead atoms. The second-order valence-electron chi connectivity index (χ2n) is 6.30. The van der Waals surface area contributed by atoms with Crippen LogP contribution in [0.3, 0.4) is 0 Å². The third kappa shape index (κ3) is 2.94. The zero-order valence-electron chi connectivity index (χ0n) is 14.3. The number of hydrogen-bond acceptors (Lipinski definition) is 0. The van der Waals surface area contributed by atoms with Gasteiger partial charge in [0.1, 0.15) is 4.87 Å². The maximum atomic E-state index is 7.47. The first-order valence-corrected chi connectivity index (χ1v) is 9.13. The predicted molar refractivity (Wildman–Crippen MR) is 110 cm³/mol. The molecule has 0 heterocycles.